The van der Waals surface area contributed by atoms with Crippen molar-refractivity contribution in [1.82, 2.24) is 5.32 Å². The summed E-state index contributed by atoms with van der Waals surface area (Å²) in [5.74, 6) is -0.282. The third-order valence-electron chi connectivity index (χ3n) is 14.6. The van der Waals surface area contributed by atoms with E-state index in [4.69, 9.17) is 9.05 Å². The fourth-order valence-electron chi connectivity index (χ4n) is 9.67. The van der Waals surface area contributed by atoms with Crippen molar-refractivity contribution in [3.05, 3.63) is 12.2 Å². The number of allylic oxidation sites excluding steroid dienone is 2. The first-order valence-corrected chi connectivity index (χ1v) is 32.6. The van der Waals surface area contributed by atoms with E-state index in [0.717, 1.165) is 32.1 Å². The Balaban J connectivity index is 3.96. The lowest BCUT2D eigenvalue weighted by molar-refractivity contribution is -0.870. The van der Waals surface area contributed by atoms with Gasteiger partial charge in [0, 0.05) is 6.42 Å². The number of carbonyl (C=O) groups is 1. The zero-order valence-corrected chi connectivity index (χ0v) is 49.0. The summed E-state index contributed by atoms with van der Waals surface area (Å²) in [7, 11) is 1.12. The molecule has 1 amide bonds. The van der Waals surface area contributed by atoms with E-state index in [2.05, 4.69) is 31.3 Å². The first-order chi connectivity index (χ1) is 34.4. The van der Waals surface area contributed by atoms with E-state index in [-0.39, 0.29) is 18.9 Å². The lowest BCUT2D eigenvalue weighted by atomic mass is 10.0. The Morgan fingerprint density at radius 3 is 1.14 bits per heavy atom. The molecule has 0 saturated heterocycles. The van der Waals surface area contributed by atoms with Crippen molar-refractivity contribution in [2.24, 2.45) is 0 Å². The lowest BCUT2D eigenvalue weighted by Gasteiger charge is -2.31. The molecular formula is C61H123N2O7P. The summed E-state index contributed by atoms with van der Waals surface area (Å²) in [6.45, 7) is 4.45. The Kier molecular flexibility index (Phi) is 52.0. The van der Waals surface area contributed by atoms with Gasteiger partial charge < -0.3 is 34.0 Å². The van der Waals surface area contributed by atoms with E-state index in [1.165, 1.54) is 250 Å². The molecule has 0 radical (unpaired) electrons. The third-order valence-corrected chi connectivity index (χ3v) is 15.6. The van der Waals surface area contributed by atoms with Crippen LogP contribution in [0.5, 0.6) is 0 Å². The molecule has 4 atom stereocenters. The van der Waals surface area contributed by atoms with Crippen molar-refractivity contribution in [2.45, 2.75) is 334 Å². The Morgan fingerprint density at radius 2 is 0.803 bits per heavy atom. The summed E-state index contributed by atoms with van der Waals surface area (Å²) < 4.78 is 23.3. The van der Waals surface area contributed by atoms with Gasteiger partial charge in [0.25, 0.3) is 7.82 Å². The molecule has 0 spiro atoms. The van der Waals surface area contributed by atoms with Crippen molar-refractivity contribution in [3.63, 3.8) is 0 Å². The van der Waals surface area contributed by atoms with E-state index in [0.29, 0.717) is 23.9 Å². The highest BCUT2D eigenvalue weighted by atomic mass is 31.2. The largest absolute Gasteiger partial charge is 0.756 e. The molecule has 0 heterocycles. The molecule has 0 aromatic carbocycles. The van der Waals surface area contributed by atoms with E-state index >= 15 is 0 Å². The molecule has 0 aliphatic carbocycles. The first-order valence-electron chi connectivity index (χ1n) is 31.1. The maximum atomic E-state index is 13.0. The van der Waals surface area contributed by atoms with E-state index in [1.54, 1.807) is 0 Å². The number of phosphoric acid groups is 1. The monoisotopic (exact) mass is 1030 g/mol. The molecule has 71 heavy (non-hydrogen) atoms. The number of rotatable bonds is 58. The number of aliphatic hydroxyl groups excluding tert-OH is 2. The molecule has 3 N–H and O–H groups in total. The number of hydrogen-bond donors (Lipinski definition) is 3. The highest BCUT2D eigenvalue weighted by Crippen LogP contribution is 2.38. The molecule has 0 bridgehead atoms. The summed E-state index contributed by atoms with van der Waals surface area (Å²) in [6, 6.07) is -1.09. The Hall–Kier alpha value is -0.800. The summed E-state index contributed by atoms with van der Waals surface area (Å²) in [5.41, 5.74) is 0. The maximum Gasteiger partial charge on any atom is 0.268 e. The number of amides is 1. The van der Waals surface area contributed by atoms with Crippen molar-refractivity contribution < 1.29 is 38.0 Å². The molecule has 0 aliphatic heterocycles. The van der Waals surface area contributed by atoms with Gasteiger partial charge in [-0.05, 0) is 38.5 Å². The van der Waals surface area contributed by atoms with E-state index in [1.807, 2.05) is 21.1 Å². The highest BCUT2D eigenvalue weighted by molar-refractivity contribution is 7.45. The Morgan fingerprint density at radius 1 is 0.493 bits per heavy atom. The van der Waals surface area contributed by atoms with Crippen LogP contribution in [0.1, 0.15) is 316 Å². The average molecular weight is 1030 g/mol. The first kappa shape index (κ1) is 70.2. The van der Waals surface area contributed by atoms with Crippen molar-refractivity contribution >= 4 is 13.7 Å². The van der Waals surface area contributed by atoms with Crippen LogP contribution in [0.3, 0.4) is 0 Å². The Labute approximate surface area is 442 Å². The van der Waals surface area contributed by atoms with Gasteiger partial charge in [0.2, 0.25) is 5.91 Å². The van der Waals surface area contributed by atoms with Crippen LogP contribution < -0.4 is 10.2 Å². The lowest BCUT2D eigenvalue weighted by Crippen LogP contribution is -2.51. The molecule has 0 saturated carbocycles. The minimum Gasteiger partial charge on any atom is -0.756 e. The van der Waals surface area contributed by atoms with Crippen LogP contribution in [0.15, 0.2) is 12.2 Å². The standard InChI is InChI=1S/C61H123N2O7P/c1-6-8-10-12-14-16-18-20-21-22-23-24-25-26-27-28-29-30-31-32-33-34-35-36-37-38-39-40-41-42-44-46-48-50-52-54-60(65)62-58(57-70-71(67,68)69-56-55-63(3,4)5)61(66)59(64)53-51-49-47-45-43-19-17-15-13-11-9-7-2/h45,47,58-59,61,64,66H,6-44,46,48-57H2,1-5H3,(H-,62,65,67,68)/b47-45+. The van der Waals surface area contributed by atoms with Crippen LogP contribution in [0.25, 0.3) is 0 Å². The van der Waals surface area contributed by atoms with Gasteiger partial charge in [-0.1, -0.05) is 283 Å². The quantitative estimate of drug-likeness (QED) is 0.0240. The molecule has 0 fully saturated rings. The number of aliphatic hydroxyl groups is 2. The summed E-state index contributed by atoms with van der Waals surface area (Å²) in [5, 5.41) is 24.7. The second kappa shape index (κ2) is 52.6. The fourth-order valence-corrected chi connectivity index (χ4v) is 10.4. The fraction of sp³-hybridized carbons (Fsp3) is 0.951. The summed E-state index contributed by atoms with van der Waals surface area (Å²) in [4.78, 5) is 25.5. The topological polar surface area (TPSA) is 128 Å². The van der Waals surface area contributed by atoms with Gasteiger partial charge in [-0.2, -0.15) is 0 Å². The molecule has 4 unspecified atom stereocenters. The number of hydrogen-bond acceptors (Lipinski definition) is 7. The van der Waals surface area contributed by atoms with Gasteiger partial charge in [0.15, 0.2) is 0 Å². The van der Waals surface area contributed by atoms with E-state index in [9.17, 15) is 24.5 Å². The number of likely N-dealkylation sites (N-methyl/N-ethyl adjacent to an activating group) is 1. The number of nitrogens with one attached hydrogen (secondary N) is 1. The molecule has 0 aliphatic rings. The second-order valence-electron chi connectivity index (χ2n) is 22.9. The number of nitrogens with zero attached hydrogens (tertiary/aromatic N) is 1. The SMILES string of the molecule is CCCCCCCCC/C=C/CCCC(O)C(O)C(COP(=O)([O-])OCC[N+](C)(C)C)NC(=O)CCCCCCCCCCCCCCCCCCCCCCCCCCCCCCCCCCCCC. The molecule has 0 rings (SSSR count). The summed E-state index contributed by atoms with van der Waals surface area (Å²) >= 11 is 0. The molecular weight excluding hydrogens is 904 g/mol. The van der Waals surface area contributed by atoms with Gasteiger partial charge in [0.1, 0.15) is 19.3 Å². The van der Waals surface area contributed by atoms with Gasteiger partial charge in [0.05, 0.1) is 39.9 Å². The van der Waals surface area contributed by atoms with Crippen molar-refractivity contribution in [3.8, 4) is 0 Å². The van der Waals surface area contributed by atoms with Crippen LogP contribution in [-0.2, 0) is 18.4 Å². The van der Waals surface area contributed by atoms with Crippen LogP contribution >= 0.6 is 7.82 Å². The van der Waals surface area contributed by atoms with Crippen molar-refractivity contribution in [1.29, 1.82) is 0 Å². The minimum atomic E-state index is -4.68. The van der Waals surface area contributed by atoms with Crippen LogP contribution in [-0.4, -0.2) is 79.8 Å². The average Bonchev–Trinajstić information content (AvgIpc) is 3.33. The number of phosphoric ester groups is 1. The van der Waals surface area contributed by atoms with Gasteiger partial charge in [-0.15, -0.1) is 0 Å². The van der Waals surface area contributed by atoms with Crippen LogP contribution in [0.2, 0.25) is 0 Å². The normalized spacial score (nSPS) is 14.3. The van der Waals surface area contributed by atoms with Gasteiger partial charge >= 0.3 is 0 Å². The number of carbonyl (C=O) groups excluding carboxylic acids is 1. The van der Waals surface area contributed by atoms with E-state index < -0.39 is 32.7 Å². The molecule has 0 aromatic rings. The second-order valence-corrected chi connectivity index (χ2v) is 24.3. The zero-order chi connectivity index (χ0) is 52.2. The van der Waals surface area contributed by atoms with Crippen LogP contribution in [0.4, 0.5) is 0 Å². The van der Waals surface area contributed by atoms with Crippen molar-refractivity contribution in [2.75, 3.05) is 40.9 Å². The van der Waals surface area contributed by atoms with Gasteiger partial charge in [-0.25, -0.2) is 0 Å². The third kappa shape index (κ3) is 53.8. The predicted molar refractivity (Wildman–Crippen MR) is 304 cm³/mol. The molecule has 0 aromatic heterocycles. The highest BCUT2D eigenvalue weighted by Gasteiger charge is 2.29. The number of unbranched alkanes of at least 4 members (excludes halogenated alkanes) is 42. The minimum absolute atomic E-state index is 0.0429. The number of quaternary nitrogens is 1. The predicted octanol–water partition coefficient (Wildman–Crippen LogP) is 17.3. The molecule has 9 nitrogen and oxygen atoms in total. The molecule has 10 heteroatoms. The summed E-state index contributed by atoms with van der Waals surface area (Å²) in [6.07, 6.45) is 61.8. The van der Waals surface area contributed by atoms with Gasteiger partial charge in [-0.3, -0.25) is 9.36 Å². The maximum absolute atomic E-state index is 13.0. The Bertz CT molecular complexity index is 1180. The molecule has 424 valence electrons. The smallest absolute Gasteiger partial charge is 0.268 e. The van der Waals surface area contributed by atoms with Crippen LogP contribution in [0, 0.1) is 0 Å². The zero-order valence-electron chi connectivity index (χ0n) is 48.1.